The molecule has 24 heavy (non-hydrogen) atoms. The van der Waals surface area contributed by atoms with Crippen molar-refractivity contribution in [2.24, 2.45) is 5.92 Å². The zero-order chi connectivity index (χ0) is 15.9. The number of hydrogen-bond donors (Lipinski definition) is 2. The minimum Gasteiger partial charge on any atom is -0.444 e. The van der Waals surface area contributed by atoms with Crippen LogP contribution in [0.2, 0.25) is 0 Å². The van der Waals surface area contributed by atoms with Gasteiger partial charge in [0.15, 0.2) is 0 Å². The zero-order valence-corrected chi connectivity index (χ0v) is 16.4. The highest BCUT2D eigenvalue weighted by molar-refractivity contribution is 5.85. The van der Waals surface area contributed by atoms with E-state index in [9.17, 15) is 4.79 Å². The third-order valence-electron chi connectivity index (χ3n) is 4.33. The molecule has 1 saturated heterocycles. The lowest BCUT2D eigenvalue weighted by atomic mass is 9.97. The largest absolute Gasteiger partial charge is 0.444 e. The smallest absolute Gasteiger partial charge is 0.221 e. The third kappa shape index (κ3) is 7.38. The summed E-state index contributed by atoms with van der Waals surface area (Å²) in [6.45, 7) is 8.33. The second kappa shape index (κ2) is 11.7. The van der Waals surface area contributed by atoms with Crippen molar-refractivity contribution in [2.75, 3.05) is 33.2 Å². The molecule has 1 aliphatic heterocycles. The molecule has 1 aromatic rings. The number of nitrogens with one attached hydrogen (secondary N) is 2. The first-order chi connectivity index (χ1) is 10.6. The molecule has 6 nitrogen and oxygen atoms in total. The van der Waals surface area contributed by atoms with Gasteiger partial charge in [-0.15, -0.1) is 24.8 Å². The standard InChI is InChI=1S/C16H28N4O2.2ClH/c1-12-13(2)22-16(19-12)11-20-8-5-14(6-9-20)10-18-15(21)4-7-17-3;;/h14,17H,4-11H2,1-3H3,(H,18,21);2*1H. The molecule has 1 aromatic heterocycles. The van der Waals surface area contributed by atoms with Gasteiger partial charge in [0.25, 0.3) is 0 Å². The van der Waals surface area contributed by atoms with E-state index in [4.69, 9.17) is 4.42 Å². The fourth-order valence-corrected chi connectivity index (χ4v) is 2.73. The van der Waals surface area contributed by atoms with Crippen LogP contribution in [0.5, 0.6) is 0 Å². The van der Waals surface area contributed by atoms with Crippen molar-refractivity contribution in [3.8, 4) is 0 Å². The van der Waals surface area contributed by atoms with Gasteiger partial charge in [0.05, 0.1) is 12.2 Å². The Hall–Kier alpha value is -0.820. The molecule has 2 heterocycles. The van der Waals surface area contributed by atoms with Gasteiger partial charge in [-0.3, -0.25) is 9.69 Å². The molecule has 2 rings (SSSR count). The van der Waals surface area contributed by atoms with Gasteiger partial charge in [-0.25, -0.2) is 4.98 Å². The third-order valence-corrected chi connectivity index (χ3v) is 4.33. The number of amides is 1. The SMILES string of the molecule is CNCCC(=O)NCC1CCN(Cc2nc(C)c(C)o2)CC1.Cl.Cl. The number of carbonyl (C=O) groups is 1. The number of likely N-dealkylation sites (tertiary alicyclic amines) is 1. The van der Waals surface area contributed by atoms with Gasteiger partial charge in [0.2, 0.25) is 11.8 Å². The molecule has 0 atom stereocenters. The Kier molecular flexibility index (Phi) is 11.3. The summed E-state index contributed by atoms with van der Waals surface area (Å²) in [4.78, 5) is 18.4. The van der Waals surface area contributed by atoms with E-state index in [1.807, 2.05) is 20.9 Å². The molecule has 0 saturated carbocycles. The van der Waals surface area contributed by atoms with Crippen LogP contribution in [0.3, 0.4) is 0 Å². The van der Waals surface area contributed by atoms with E-state index >= 15 is 0 Å². The second-order valence-electron chi connectivity index (χ2n) is 6.13. The van der Waals surface area contributed by atoms with Gasteiger partial charge in [0, 0.05) is 19.5 Å². The van der Waals surface area contributed by atoms with Crippen molar-refractivity contribution in [3.05, 3.63) is 17.3 Å². The molecular weight excluding hydrogens is 351 g/mol. The van der Waals surface area contributed by atoms with Gasteiger partial charge < -0.3 is 15.1 Å². The molecule has 1 fully saturated rings. The van der Waals surface area contributed by atoms with Gasteiger partial charge in [-0.2, -0.15) is 0 Å². The van der Waals surface area contributed by atoms with Crippen molar-refractivity contribution < 1.29 is 9.21 Å². The van der Waals surface area contributed by atoms with E-state index in [0.29, 0.717) is 12.3 Å². The number of nitrogens with zero attached hydrogens (tertiary/aromatic N) is 2. The number of carbonyl (C=O) groups excluding carboxylic acids is 1. The van der Waals surface area contributed by atoms with Crippen LogP contribution >= 0.6 is 24.8 Å². The molecule has 8 heteroatoms. The Morgan fingerprint density at radius 3 is 2.50 bits per heavy atom. The second-order valence-corrected chi connectivity index (χ2v) is 6.13. The van der Waals surface area contributed by atoms with E-state index in [1.54, 1.807) is 0 Å². The Balaban J connectivity index is 0.00000264. The summed E-state index contributed by atoms with van der Waals surface area (Å²) in [5, 5.41) is 6.02. The number of hydrogen-bond acceptors (Lipinski definition) is 5. The van der Waals surface area contributed by atoms with E-state index in [-0.39, 0.29) is 30.7 Å². The van der Waals surface area contributed by atoms with Gasteiger partial charge in [0.1, 0.15) is 5.76 Å². The molecule has 1 amide bonds. The fourth-order valence-electron chi connectivity index (χ4n) is 2.73. The number of aryl methyl sites for hydroxylation is 2. The van der Waals surface area contributed by atoms with Gasteiger partial charge in [-0.1, -0.05) is 0 Å². The minimum absolute atomic E-state index is 0. The lowest BCUT2D eigenvalue weighted by Crippen LogP contribution is -2.38. The lowest BCUT2D eigenvalue weighted by molar-refractivity contribution is -0.121. The first kappa shape index (κ1) is 23.2. The maximum Gasteiger partial charge on any atom is 0.221 e. The van der Waals surface area contributed by atoms with Gasteiger partial charge in [-0.05, 0) is 52.7 Å². The van der Waals surface area contributed by atoms with E-state index in [0.717, 1.165) is 62.9 Å². The van der Waals surface area contributed by atoms with Crippen molar-refractivity contribution in [1.82, 2.24) is 20.5 Å². The molecule has 0 aromatic carbocycles. The summed E-state index contributed by atoms with van der Waals surface area (Å²) in [5.74, 6) is 2.45. The topological polar surface area (TPSA) is 70.4 Å². The van der Waals surface area contributed by atoms with E-state index < -0.39 is 0 Å². The highest BCUT2D eigenvalue weighted by atomic mass is 35.5. The van der Waals surface area contributed by atoms with Crippen molar-refractivity contribution in [2.45, 2.75) is 39.7 Å². The monoisotopic (exact) mass is 380 g/mol. The zero-order valence-electron chi connectivity index (χ0n) is 14.8. The maximum atomic E-state index is 11.6. The molecule has 0 bridgehead atoms. The maximum absolute atomic E-state index is 11.6. The van der Waals surface area contributed by atoms with E-state index in [2.05, 4.69) is 20.5 Å². The number of oxazole rings is 1. The number of aromatic nitrogens is 1. The van der Waals surface area contributed by atoms with Crippen molar-refractivity contribution in [1.29, 1.82) is 0 Å². The Labute approximate surface area is 157 Å². The molecule has 2 N–H and O–H groups in total. The summed E-state index contributed by atoms with van der Waals surface area (Å²) in [6.07, 6.45) is 2.79. The van der Waals surface area contributed by atoms with Crippen LogP contribution in [0.4, 0.5) is 0 Å². The Bertz CT molecular complexity index is 469. The molecular formula is C16H30Cl2N4O2. The molecule has 0 radical (unpaired) electrons. The summed E-state index contributed by atoms with van der Waals surface area (Å²) < 4.78 is 5.64. The molecule has 0 aliphatic carbocycles. The fraction of sp³-hybridized carbons (Fsp3) is 0.750. The number of rotatable bonds is 7. The highest BCUT2D eigenvalue weighted by Gasteiger charge is 2.21. The minimum atomic E-state index is 0. The van der Waals surface area contributed by atoms with Gasteiger partial charge >= 0.3 is 0 Å². The number of piperidine rings is 1. The predicted molar refractivity (Wildman–Crippen MR) is 100 cm³/mol. The molecule has 140 valence electrons. The quantitative estimate of drug-likeness (QED) is 0.757. The Morgan fingerprint density at radius 1 is 1.29 bits per heavy atom. The summed E-state index contributed by atoms with van der Waals surface area (Å²) in [5.41, 5.74) is 0.981. The Morgan fingerprint density at radius 2 is 1.96 bits per heavy atom. The van der Waals surface area contributed by atoms with Crippen LogP contribution in [0, 0.1) is 19.8 Å². The van der Waals surface area contributed by atoms with Crippen LogP contribution in [0.25, 0.3) is 0 Å². The van der Waals surface area contributed by atoms with Crippen LogP contribution in [-0.4, -0.2) is 49.0 Å². The van der Waals surface area contributed by atoms with Crippen LogP contribution < -0.4 is 10.6 Å². The average molecular weight is 381 g/mol. The first-order valence-electron chi connectivity index (χ1n) is 8.15. The van der Waals surface area contributed by atoms with Crippen LogP contribution in [0.15, 0.2) is 4.42 Å². The normalized spacial score (nSPS) is 15.5. The molecule has 1 aliphatic rings. The summed E-state index contributed by atoms with van der Waals surface area (Å²) in [6, 6.07) is 0. The average Bonchev–Trinajstić information content (AvgIpc) is 2.82. The first-order valence-corrected chi connectivity index (χ1v) is 8.15. The lowest BCUT2D eigenvalue weighted by Gasteiger charge is -2.31. The summed E-state index contributed by atoms with van der Waals surface area (Å²) >= 11 is 0. The molecule has 0 unspecified atom stereocenters. The predicted octanol–water partition coefficient (Wildman–Crippen LogP) is 2.07. The highest BCUT2D eigenvalue weighted by Crippen LogP contribution is 2.19. The summed E-state index contributed by atoms with van der Waals surface area (Å²) in [7, 11) is 1.86. The van der Waals surface area contributed by atoms with Crippen LogP contribution in [0.1, 0.15) is 36.6 Å². The van der Waals surface area contributed by atoms with Crippen molar-refractivity contribution >= 4 is 30.7 Å². The van der Waals surface area contributed by atoms with E-state index in [1.165, 1.54) is 0 Å². The molecule has 0 spiro atoms. The van der Waals surface area contributed by atoms with Crippen molar-refractivity contribution in [3.63, 3.8) is 0 Å². The number of halogens is 2. The van der Waals surface area contributed by atoms with Crippen LogP contribution in [-0.2, 0) is 11.3 Å².